The Hall–Kier alpha value is -1.11. The number of ether oxygens (including phenoxy) is 1. The topological polar surface area (TPSA) is 35.0 Å². The second-order valence-electron chi connectivity index (χ2n) is 3.96. The van der Waals surface area contributed by atoms with E-state index in [-0.39, 0.29) is 16.6 Å². The highest BCUT2D eigenvalue weighted by atomic mass is 35.5. The molecule has 0 saturated carbocycles. The molecule has 1 aromatic rings. The van der Waals surface area contributed by atoms with Crippen molar-refractivity contribution in [2.45, 2.75) is 39.0 Å². The van der Waals surface area contributed by atoms with Gasteiger partial charge in [-0.2, -0.15) is 13.8 Å². The zero-order chi connectivity index (χ0) is 14.6. The van der Waals surface area contributed by atoms with E-state index >= 15 is 0 Å². The van der Waals surface area contributed by atoms with E-state index in [0.29, 0.717) is 12.2 Å². The molecule has 0 unspecified atom stereocenters. The minimum atomic E-state index is -4.23. The third-order valence-corrected chi connectivity index (χ3v) is 2.65. The molecule has 0 aliphatic heterocycles. The molecule has 0 aromatic carbocycles. The van der Waals surface area contributed by atoms with Crippen LogP contribution in [0.4, 0.5) is 17.6 Å². The third-order valence-electron chi connectivity index (χ3n) is 2.28. The Morgan fingerprint density at radius 3 is 2.47 bits per heavy atom. The van der Waals surface area contributed by atoms with Gasteiger partial charge in [0.2, 0.25) is 5.88 Å². The van der Waals surface area contributed by atoms with E-state index in [9.17, 15) is 17.6 Å². The van der Waals surface area contributed by atoms with Crippen LogP contribution in [0.3, 0.4) is 0 Å². The van der Waals surface area contributed by atoms with Crippen LogP contribution in [0.25, 0.3) is 0 Å². The number of aromatic nitrogens is 2. The fraction of sp³-hybridized carbons (Fsp3) is 0.636. The Morgan fingerprint density at radius 2 is 1.95 bits per heavy atom. The lowest BCUT2D eigenvalue weighted by Crippen LogP contribution is -2.34. The summed E-state index contributed by atoms with van der Waals surface area (Å²) in [5.41, 5.74) is 0.242. The van der Waals surface area contributed by atoms with E-state index in [4.69, 9.17) is 11.6 Å². The molecule has 0 fully saturated rings. The molecule has 0 N–H and O–H groups in total. The number of aryl methyl sites for hydroxylation is 1. The summed E-state index contributed by atoms with van der Waals surface area (Å²) >= 11 is 5.80. The lowest BCUT2D eigenvalue weighted by molar-refractivity contribution is -0.148. The third kappa shape index (κ3) is 4.19. The molecule has 0 aliphatic carbocycles. The smallest absolute Gasteiger partial charge is 0.340 e. The van der Waals surface area contributed by atoms with E-state index in [1.54, 1.807) is 0 Å². The maximum atomic E-state index is 12.8. The van der Waals surface area contributed by atoms with Gasteiger partial charge in [0.1, 0.15) is 11.0 Å². The number of hydrogen-bond donors (Lipinski definition) is 0. The second kappa shape index (κ2) is 6.36. The number of rotatable bonds is 6. The van der Waals surface area contributed by atoms with Gasteiger partial charge in [0.05, 0.1) is 0 Å². The predicted molar refractivity (Wildman–Crippen MR) is 62.2 cm³/mol. The Morgan fingerprint density at radius 1 is 1.32 bits per heavy atom. The van der Waals surface area contributed by atoms with Crippen LogP contribution in [0.15, 0.2) is 0 Å². The van der Waals surface area contributed by atoms with Gasteiger partial charge in [-0.1, -0.05) is 18.5 Å². The molecule has 0 spiro atoms. The van der Waals surface area contributed by atoms with Gasteiger partial charge in [0.25, 0.3) is 0 Å². The van der Waals surface area contributed by atoms with Gasteiger partial charge in [-0.3, -0.25) is 0 Å². The molecule has 1 rings (SSSR count). The molecule has 19 heavy (non-hydrogen) atoms. The monoisotopic (exact) mass is 300 g/mol. The second-order valence-corrected chi connectivity index (χ2v) is 4.32. The first kappa shape index (κ1) is 15.9. The van der Waals surface area contributed by atoms with Crippen LogP contribution in [0.5, 0.6) is 5.88 Å². The van der Waals surface area contributed by atoms with Crippen LogP contribution < -0.4 is 4.74 Å². The van der Waals surface area contributed by atoms with Gasteiger partial charge in [-0.25, -0.2) is 13.8 Å². The summed E-state index contributed by atoms with van der Waals surface area (Å²) < 4.78 is 54.2. The zero-order valence-corrected chi connectivity index (χ0v) is 11.1. The number of hydrogen-bond acceptors (Lipinski definition) is 3. The first-order valence-corrected chi connectivity index (χ1v) is 5.97. The lowest BCUT2D eigenvalue weighted by atomic mass is 10.3. The van der Waals surface area contributed by atoms with Crippen molar-refractivity contribution in [2.24, 2.45) is 0 Å². The normalized spacial score (nSPS) is 12.0. The summed E-state index contributed by atoms with van der Waals surface area (Å²) in [7, 11) is 0. The molecular formula is C11H13ClF4N2O. The first-order chi connectivity index (χ1) is 8.77. The molecular weight excluding hydrogens is 288 g/mol. The van der Waals surface area contributed by atoms with Crippen molar-refractivity contribution >= 4 is 11.6 Å². The average Bonchev–Trinajstić information content (AvgIpc) is 2.32. The molecule has 1 heterocycles. The van der Waals surface area contributed by atoms with E-state index in [1.807, 2.05) is 6.92 Å². The van der Waals surface area contributed by atoms with E-state index in [2.05, 4.69) is 14.7 Å². The molecule has 8 heteroatoms. The molecule has 0 amide bonds. The standard InChI is InChI=1S/C11H13ClF4N2O/c1-3-4-7-17-8(12)6(2)9(18-7)19-5-11(15,16)10(13)14/h10H,3-5H2,1-2H3. The van der Waals surface area contributed by atoms with Crippen molar-refractivity contribution in [1.29, 1.82) is 0 Å². The van der Waals surface area contributed by atoms with Crippen LogP contribution >= 0.6 is 11.6 Å². The Labute approximate surface area is 113 Å². The Kier molecular flexibility index (Phi) is 5.34. The Bertz CT molecular complexity index is 443. The lowest BCUT2D eigenvalue weighted by Gasteiger charge is -2.17. The first-order valence-electron chi connectivity index (χ1n) is 5.59. The van der Waals surface area contributed by atoms with Crippen molar-refractivity contribution in [3.05, 3.63) is 16.5 Å². The number of nitrogens with zero attached hydrogens (tertiary/aromatic N) is 2. The predicted octanol–water partition coefficient (Wildman–Crippen LogP) is 3.67. The molecule has 0 radical (unpaired) electrons. The van der Waals surface area contributed by atoms with Crippen molar-refractivity contribution in [2.75, 3.05) is 6.61 Å². The fourth-order valence-corrected chi connectivity index (χ4v) is 1.39. The molecule has 0 aliphatic rings. The van der Waals surface area contributed by atoms with E-state index < -0.39 is 19.0 Å². The summed E-state index contributed by atoms with van der Waals surface area (Å²) in [6, 6.07) is 0. The highest BCUT2D eigenvalue weighted by molar-refractivity contribution is 6.30. The van der Waals surface area contributed by atoms with Crippen molar-refractivity contribution in [3.8, 4) is 5.88 Å². The minimum absolute atomic E-state index is 0.0637. The van der Waals surface area contributed by atoms with Gasteiger partial charge in [-0.15, -0.1) is 0 Å². The minimum Gasteiger partial charge on any atom is -0.471 e. The quantitative estimate of drug-likeness (QED) is 0.594. The summed E-state index contributed by atoms with van der Waals surface area (Å²) in [6.45, 7) is 1.89. The summed E-state index contributed by atoms with van der Waals surface area (Å²) in [6.07, 6.45) is -2.58. The molecule has 3 nitrogen and oxygen atoms in total. The van der Waals surface area contributed by atoms with Crippen molar-refractivity contribution in [3.63, 3.8) is 0 Å². The van der Waals surface area contributed by atoms with E-state index in [1.165, 1.54) is 6.92 Å². The highest BCUT2D eigenvalue weighted by Crippen LogP contribution is 2.27. The molecule has 108 valence electrons. The average molecular weight is 301 g/mol. The summed E-state index contributed by atoms with van der Waals surface area (Å²) in [5, 5.41) is 0.0637. The number of alkyl halides is 4. The van der Waals surface area contributed by atoms with Crippen LogP contribution in [-0.4, -0.2) is 28.9 Å². The highest BCUT2D eigenvalue weighted by Gasteiger charge is 2.42. The van der Waals surface area contributed by atoms with Crippen LogP contribution in [0.2, 0.25) is 5.15 Å². The maximum Gasteiger partial charge on any atom is 0.340 e. The van der Waals surface area contributed by atoms with Gasteiger partial charge < -0.3 is 4.74 Å². The number of halogens is 5. The SMILES string of the molecule is CCCc1nc(Cl)c(C)c(OCC(F)(F)C(F)F)n1. The molecule has 0 saturated heterocycles. The van der Waals surface area contributed by atoms with E-state index in [0.717, 1.165) is 6.42 Å². The van der Waals surface area contributed by atoms with Gasteiger partial charge in [-0.05, 0) is 13.3 Å². The van der Waals surface area contributed by atoms with Crippen LogP contribution in [-0.2, 0) is 6.42 Å². The maximum absolute atomic E-state index is 12.8. The summed E-state index contributed by atoms with van der Waals surface area (Å²) in [5.74, 6) is -4.09. The molecule has 1 aromatic heterocycles. The van der Waals surface area contributed by atoms with Gasteiger partial charge >= 0.3 is 12.3 Å². The molecule has 0 atom stereocenters. The van der Waals surface area contributed by atoms with Gasteiger partial charge in [0.15, 0.2) is 6.61 Å². The Balaban J connectivity index is 2.88. The fourth-order valence-electron chi connectivity index (χ4n) is 1.21. The van der Waals surface area contributed by atoms with Crippen molar-refractivity contribution in [1.82, 2.24) is 9.97 Å². The summed E-state index contributed by atoms with van der Waals surface area (Å²) in [4.78, 5) is 7.83. The largest absolute Gasteiger partial charge is 0.471 e. The zero-order valence-electron chi connectivity index (χ0n) is 10.4. The van der Waals surface area contributed by atoms with Crippen LogP contribution in [0, 0.1) is 6.92 Å². The van der Waals surface area contributed by atoms with Crippen LogP contribution in [0.1, 0.15) is 24.7 Å². The van der Waals surface area contributed by atoms with Gasteiger partial charge in [0, 0.05) is 12.0 Å². The molecule has 0 bridgehead atoms. The van der Waals surface area contributed by atoms with Crippen molar-refractivity contribution < 1.29 is 22.3 Å².